The van der Waals surface area contributed by atoms with Crippen molar-refractivity contribution in [3.8, 4) is 0 Å². The van der Waals surface area contributed by atoms with Crippen LogP contribution in [0.25, 0.3) is 0 Å². The van der Waals surface area contributed by atoms with Crippen LogP contribution in [0.5, 0.6) is 0 Å². The second-order valence-electron chi connectivity index (χ2n) is 9.22. The third-order valence-electron chi connectivity index (χ3n) is 5.18. The summed E-state index contributed by atoms with van der Waals surface area (Å²) in [6, 6.07) is 4.29. The minimum Gasteiger partial charge on any atom is -0.444 e. The molecule has 1 aliphatic heterocycles. The molecule has 0 saturated carbocycles. The first-order valence-corrected chi connectivity index (χ1v) is 10.7. The van der Waals surface area contributed by atoms with E-state index in [2.05, 4.69) is 18.5 Å². The van der Waals surface area contributed by atoms with Crippen LogP contribution < -0.4 is 5.32 Å². The van der Waals surface area contributed by atoms with E-state index in [1.165, 1.54) is 12.1 Å². The van der Waals surface area contributed by atoms with Gasteiger partial charge in [-0.2, -0.15) is 0 Å². The molecule has 0 saturated heterocycles. The van der Waals surface area contributed by atoms with E-state index in [9.17, 15) is 14.0 Å². The number of halogens is 1. The number of urea groups is 1. The number of rotatable bonds is 7. The fraction of sp³-hybridized carbons (Fsp3) is 0.440. The lowest BCUT2D eigenvalue weighted by Crippen LogP contribution is -2.35. The molecule has 0 fully saturated rings. The Morgan fingerprint density at radius 3 is 2.56 bits per heavy atom. The van der Waals surface area contributed by atoms with Crippen molar-refractivity contribution in [1.29, 1.82) is 0 Å². The van der Waals surface area contributed by atoms with Crippen LogP contribution in [-0.4, -0.2) is 41.1 Å². The predicted octanol–water partition coefficient (Wildman–Crippen LogP) is 5.37. The molecule has 1 atom stereocenters. The molecule has 2 rings (SSSR count). The lowest BCUT2D eigenvalue weighted by atomic mass is 9.98. The Labute approximate surface area is 190 Å². The molecule has 1 aliphatic rings. The highest BCUT2D eigenvalue weighted by Gasteiger charge is 2.24. The molecule has 32 heavy (non-hydrogen) atoms. The minimum absolute atomic E-state index is 0.127. The molecule has 1 heterocycles. The van der Waals surface area contributed by atoms with Crippen molar-refractivity contribution < 1.29 is 18.7 Å². The number of carbonyl (C=O) groups excluding carboxylic acids is 2. The number of carbonyl (C=O) groups is 2. The summed E-state index contributed by atoms with van der Waals surface area (Å²) in [7, 11) is 1.71. The van der Waals surface area contributed by atoms with Crippen LogP contribution in [0.15, 0.2) is 54.8 Å². The second kappa shape index (κ2) is 10.5. The number of ether oxygens (including phenoxy) is 1. The first-order valence-electron chi connectivity index (χ1n) is 10.7. The molecule has 1 unspecified atom stereocenters. The SMILES string of the molecule is C=C(/C=C\C(=C)C(C)CCN(C)C(=O)OC(C)(C)C)NC(=O)N1Cc2ccc(F)cc2C1. The lowest BCUT2D eigenvalue weighted by Gasteiger charge is -2.25. The molecule has 7 heteroatoms. The van der Waals surface area contributed by atoms with E-state index in [0.717, 1.165) is 23.1 Å². The number of nitrogens with one attached hydrogen (secondary N) is 1. The fourth-order valence-corrected chi connectivity index (χ4v) is 3.14. The van der Waals surface area contributed by atoms with Crippen molar-refractivity contribution in [2.75, 3.05) is 13.6 Å². The fourth-order valence-electron chi connectivity index (χ4n) is 3.14. The van der Waals surface area contributed by atoms with Gasteiger partial charge in [-0.1, -0.05) is 37.8 Å². The Morgan fingerprint density at radius 1 is 1.25 bits per heavy atom. The topological polar surface area (TPSA) is 61.9 Å². The van der Waals surface area contributed by atoms with E-state index in [-0.39, 0.29) is 23.9 Å². The average molecular weight is 444 g/mol. The number of benzene rings is 1. The molecule has 3 amide bonds. The van der Waals surface area contributed by atoms with E-state index in [0.29, 0.717) is 25.3 Å². The molecule has 0 spiro atoms. The van der Waals surface area contributed by atoms with Crippen LogP contribution in [0.4, 0.5) is 14.0 Å². The maximum Gasteiger partial charge on any atom is 0.410 e. The van der Waals surface area contributed by atoms with E-state index >= 15 is 0 Å². The Hall–Kier alpha value is -3.09. The van der Waals surface area contributed by atoms with Crippen LogP contribution in [0.3, 0.4) is 0 Å². The van der Waals surface area contributed by atoms with Crippen molar-refractivity contribution in [1.82, 2.24) is 15.1 Å². The number of hydrogen-bond acceptors (Lipinski definition) is 3. The summed E-state index contributed by atoms with van der Waals surface area (Å²) in [4.78, 5) is 27.7. The molecule has 1 aromatic rings. The molecule has 1 N–H and O–H groups in total. The predicted molar refractivity (Wildman–Crippen MR) is 124 cm³/mol. The second-order valence-corrected chi connectivity index (χ2v) is 9.22. The van der Waals surface area contributed by atoms with E-state index in [1.807, 2.05) is 33.8 Å². The van der Waals surface area contributed by atoms with Gasteiger partial charge in [-0.3, -0.25) is 0 Å². The first-order chi connectivity index (χ1) is 14.9. The quantitative estimate of drug-likeness (QED) is 0.576. The van der Waals surface area contributed by atoms with Crippen molar-refractivity contribution >= 4 is 12.1 Å². The molecule has 0 bridgehead atoms. The van der Waals surface area contributed by atoms with Crippen molar-refractivity contribution in [2.45, 2.75) is 52.8 Å². The summed E-state index contributed by atoms with van der Waals surface area (Å²) in [5, 5.41) is 2.75. The van der Waals surface area contributed by atoms with E-state index in [4.69, 9.17) is 4.74 Å². The number of amides is 3. The molecular formula is C25H34FN3O3. The van der Waals surface area contributed by atoms with Gasteiger partial charge in [0.1, 0.15) is 11.4 Å². The summed E-state index contributed by atoms with van der Waals surface area (Å²) in [5.74, 6) is -0.175. The van der Waals surface area contributed by atoms with E-state index in [1.54, 1.807) is 29.0 Å². The molecule has 1 aromatic carbocycles. The standard InChI is InChI=1S/C25H34FN3O3/c1-17(18(2)12-13-28(7)24(31)32-25(4,5)6)8-9-19(3)27-23(30)29-15-20-10-11-22(26)14-21(20)16-29/h8-11,14,18H,1,3,12-13,15-16H2,2,4-7H3,(H,27,30)/b9-8-. The van der Waals surface area contributed by atoms with Crippen LogP contribution in [-0.2, 0) is 17.8 Å². The van der Waals surface area contributed by atoms with Gasteiger partial charge in [0, 0.05) is 32.4 Å². The monoisotopic (exact) mass is 443 g/mol. The Kier molecular flexibility index (Phi) is 8.25. The number of hydrogen-bond donors (Lipinski definition) is 1. The minimum atomic E-state index is -0.526. The van der Waals surface area contributed by atoms with Gasteiger partial charge in [0.25, 0.3) is 0 Å². The summed E-state index contributed by atoms with van der Waals surface area (Å²) < 4.78 is 18.7. The van der Waals surface area contributed by atoms with Gasteiger partial charge >= 0.3 is 12.1 Å². The van der Waals surface area contributed by atoms with Crippen molar-refractivity contribution in [3.05, 3.63) is 71.7 Å². The zero-order valence-corrected chi connectivity index (χ0v) is 19.7. The van der Waals surface area contributed by atoms with Gasteiger partial charge < -0.3 is 19.9 Å². The third kappa shape index (κ3) is 7.55. The Morgan fingerprint density at radius 2 is 1.91 bits per heavy atom. The molecule has 0 radical (unpaired) electrons. The van der Waals surface area contributed by atoms with Crippen LogP contribution >= 0.6 is 0 Å². The molecule has 174 valence electrons. The maximum atomic E-state index is 13.4. The average Bonchev–Trinajstić information content (AvgIpc) is 3.11. The van der Waals surface area contributed by atoms with Gasteiger partial charge in [0.15, 0.2) is 0 Å². The molecule has 0 aliphatic carbocycles. The smallest absolute Gasteiger partial charge is 0.410 e. The number of allylic oxidation sites excluding steroid dienone is 3. The van der Waals surface area contributed by atoms with Gasteiger partial charge in [0.05, 0.1) is 0 Å². The van der Waals surface area contributed by atoms with Crippen LogP contribution in [0, 0.1) is 11.7 Å². The molecular weight excluding hydrogens is 409 g/mol. The van der Waals surface area contributed by atoms with Crippen molar-refractivity contribution in [3.63, 3.8) is 0 Å². The summed E-state index contributed by atoms with van der Waals surface area (Å²) in [6.07, 6.45) is 3.89. The highest BCUT2D eigenvalue weighted by atomic mass is 19.1. The largest absolute Gasteiger partial charge is 0.444 e. The van der Waals surface area contributed by atoms with Gasteiger partial charge in [-0.15, -0.1) is 0 Å². The van der Waals surface area contributed by atoms with Gasteiger partial charge in [-0.25, -0.2) is 14.0 Å². The van der Waals surface area contributed by atoms with Crippen molar-refractivity contribution in [2.24, 2.45) is 5.92 Å². The third-order valence-corrected chi connectivity index (χ3v) is 5.18. The Bertz CT molecular complexity index is 917. The Balaban J connectivity index is 1.77. The molecule has 0 aromatic heterocycles. The first kappa shape index (κ1) is 25.2. The highest BCUT2D eigenvalue weighted by molar-refractivity contribution is 5.77. The maximum absolute atomic E-state index is 13.4. The number of nitrogens with zero attached hydrogens (tertiary/aromatic N) is 2. The lowest BCUT2D eigenvalue weighted by molar-refractivity contribution is 0.0293. The zero-order chi connectivity index (χ0) is 24.1. The number of fused-ring (bicyclic) bond motifs is 1. The summed E-state index contributed by atoms with van der Waals surface area (Å²) in [6.45, 7) is 16.8. The van der Waals surface area contributed by atoms with Crippen LogP contribution in [0.1, 0.15) is 45.2 Å². The summed E-state index contributed by atoms with van der Waals surface area (Å²) in [5.41, 5.74) is 2.54. The normalized spacial score (nSPS) is 14.1. The molecule has 6 nitrogen and oxygen atoms in total. The van der Waals surface area contributed by atoms with Gasteiger partial charge in [0.2, 0.25) is 0 Å². The summed E-state index contributed by atoms with van der Waals surface area (Å²) >= 11 is 0. The van der Waals surface area contributed by atoms with E-state index < -0.39 is 5.60 Å². The highest BCUT2D eigenvalue weighted by Crippen LogP contribution is 2.23. The van der Waals surface area contributed by atoms with Crippen LogP contribution in [0.2, 0.25) is 0 Å². The zero-order valence-electron chi connectivity index (χ0n) is 19.7. The van der Waals surface area contributed by atoms with Gasteiger partial charge in [-0.05, 0) is 62.4 Å².